The van der Waals surface area contributed by atoms with Crippen molar-refractivity contribution in [2.24, 2.45) is 0 Å². The number of hydrogen-bond acceptors (Lipinski definition) is 2. The Morgan fingerprint density at radius 2 is 0.905 bits per heavy atom. The first-order chi connectivity index (χ1) is 20.8. The Hall–Kier alpha value is -5.60. The van der Waals surface area contributed by atoms with Crippen LogP contribution < -0.4 is 4.90 Å². The highest BCUT2D eigenvalue weighted by Crippen LogP contribution is 2.39. The molecule has 0 radical (unpaired) electrons. The van der Waals surface area contributed by atoms with Crippen molar-refractivity contribution in [2.45, 2.75) is 0 Å². The molecule has 2 nitrogen and oxygen atoms in total. The summed E-state index contributed by atoms with van der Waals surface area (Å²) in [5, 5.41) is 4.78. The van der Waals surface area contributed by atoms with Crippen molar-refractivity contribution in [1.82, 2.24) is 0 Å². The van der Waals surface area contributed by atoms with Crippen LogP contribution in [-0.4, -0.2) is 0 Å². The summed E-state index contributed by atoms with van der Waals surface area (Å²) < 4.78 is 6.20. The molecule has 2 heteroatoms. The monoisotopic (exact) mass is 537 g/mol. The first-order valence-electron chi connectivity index (χ1n) is 14.3. The summed E-state index contributed by atoms with van der Waals surface area (Å²) in [6, 6.07) is 58.1. The predicted octanol–water partition coefficient (Wildman–Crippen LogP) is 11.5. The normalized spacial score (nSPS) is 11.3. The van der Waals surface area contributed by atoms with Crippen LogP contribution in [0.5, 0.6) is 0 Å². The Kier molecular flexibility index (Phi) is 5.82. The molecule has 0 aliphatic rings. The van der Waals surface area contributed by atoms with Crippen LogP contribution in [0.2, 0.25) is 0 Å². The largest absolute Gasteiger partial charge is 0.456 e. The minimum absolute atomic E-state index is 0.905. The van der Waals surface area contributed by atoms with Gasteiger partial charge in [-0.25, -0.2) is 0 Å². The van der Waals surface area contributed by atoms with Gasteiger partial charge >= 0.3 is 0 Å². The van der Waals surface area contributed by atoms with Crippen LogP contribution in [0.25, 0.3) is 55.0 Å². The third-order valence-corrected chi connectivity index (χ3v) is 8.02. The summed E-state index contributed by atoms with van der Waals surface area (Å²) in [6.07, 6.45) is 0. The fourth-order valence-corrected chi connectivity index (χ4v) is 5.95. The van der Waals surface area contributed by atoms with E-state index in [1.807, 2.05) is 12.1 Å². The number of hydrogen-bond donors (Lipinski definition) is 0. The van der Waals surface area contributed by atoms with Crippen molar-refractivity contribution < 1.29 is 4.42 Å². The molecule has 0 N–H and O–H groups in total. The highest BCUT2D eigenvalue weighted by molar-refractivity contribution is 6.06. The van der Waals surface area contributed by atoms with Crippen molar-refractivity contribution in [3.05, 3.63) is 164 Å². The lowest BCUT2D eigenvalue weighted by atomic mass is 10.00. The Morgan fingerprint density at radius 1 is 0.333 bits per heavy atom. The molecular weight excluding hydrogens is 510 g/mol. The number of rotatable bonds is 5. The molecule has 8 rings (SSSR count). The number of fused-ring (bicyclic) bond motifs is 4. The third-order valence-electron chi connectivity index (χ3n) is 8.02. The molecule has 0 saturated heterocycles. The van der Waals surface area contributed by atoms with E-state index in [0.717, 1.165) is 50.1 Å². The predicted molar refractivity (Wildman–Crippen MR) is 177 cm³/mol. The van der Waals surface area contributed by atoms with Crippen LogP contribution in [0, 0.1) is 0 Å². The van der Waals surface area contributed by atoms with Crippen LogP contribution >= 0.6 is 0 Å². The van der Waals surface area contributed by atoms with Crippen LogP contribution in [0.3, 0.4) is 0 Å². The van der Waals surface area contributed by atoms with Gasteiger partial charge in [-0.05, 0) is 93.7 Å². The van der Waals surface area contributed by atoms with E-state index in [0.29, 0.717) is 0 Å². The Morgan fingerprint density at radius 3 is 1.69 bits per heavy atom. The van der Waals surface area contributed by atoms with E-state index in [2.05, 4.69) is 157 Å². The molecular formula is C40H27NO. The number of nitrogens with zero attached hydrogens (tertiary/aromatic N) is 1. The minimum Gasteiger partial charge on any atom is -0.456 e. The Labute approximate surface area is 244 Å². The topological polar surface area (TPSA) is 16.4 Å². The van der Waals surface area contributed by atoms with Crippen molar-refractivity contribution in [3.63, 3.8) is 0 Å². The van der Waals surface area contributed by atoms with Gasteiger partial charge < -0.3 is 9.32 Å². The quantitative estimate of drug-likeness (QED) is 0.217. The third kappa shape index (κ3) is 4.31. The molecule has 0 spiro atoms. The highest BCUT2D eigenvalue weighted by atomic mass is 16.3. The van der Waals surface area contributed by atoms with Gasteiger partial charge in [0.05, 0.1) is 0 Å². The van der Waals surface area contributed by atoms with Gasteiger partial charge in [0.1, 0.15) is 11.2 Å². The van der Waals surface area contributed by atoms with E-state index in [4.69, 9.17) is 4.42 Å². The van der Waals surface area contributed by atoms with Gasteiger partial charge in [0.2, 0.25) is 0 Å². The molecule has 1 aromatic heterocycles. The average Bonchev–Trinajstić information content (AvgIpc) is 3.43. The van der Waals surface area contributed by atoms with Crippen LogP contribution in [-0.2, 0) is 0 Å². The molecule has 0 bridgehead atoms. The van der Waals surface area contributed by atoms with Gasteiger partial charge in [0.15, 0.2) is 0 Å². The summed E-state index contributed by atoms with van der Waals surface area (Å²) in [7, 11) is 0. The minimum atomic E-state index is 0.905. The van der Waals surface area contributed by atoms with Gasteiger partial charge in [0.25, 0.3) is 0 Å². The van der Waals surface area contributed by atoms with Crippen molar-refractivity contribution in [2.75, 3.05) is 4.90 Å². The van der Waals surface area contributed by atoms with E-state index >= 15 is 0 Å². The second-order valence-corrected chi connectivity index (χ2v) is 10.6. The number of furan rings is 1. The Bertz CT molecular complexity index is 2210. The molecule has 198 valence electrons. The van der Waals surface area contributed by atoms with E-state index in [1.165, 1.54) is 21.9 Å². The first-order valence-corrected chi connectivity index (χ1v) is 14.3. The summed E-state index contributed by atoms with van der Waals surface area (Å²) in [6.45, 7) is 0. The number of anilines is 3. The average molecular weight is 538 g/mol. The zero-order valence-corrected chi connectivity index (χ0v) is 22.9. The summed E-state index contributed by atoms with van der Waals surface area (Å²) in [5.74, 6) is 0. The van der Waals surface area contributed by atoms with Gasteiger partial charge in [-0.1, -0.05) is 103 Å². The van der Waals surface area contributed by atoms with Crippen molar-refractivity contribution in [3.8, 4) is 22.3 Å². The first kappa shape index (κ1) is 24.2. The molecule has 42 heavy (non-hydrogen) atoms. The standard InChI is InChI=1S/C40H27NO/c1-2-14-34(15-3-1)41(35-16-8-12-30(25-35)32-21-20-28-10-4-5-11-29(28)24-32)36-17-9-13-31(26-36)33-22-23-38-37-18-6-7-19-39(37)42-40(38)27-33/h1-27H. The van der Waals surface area contributed by atoms with Crippen molar-refractivity contribution in [1.29, 1.82) is 0 Å². The van der Waals surface area contributed by atoms with E-state index in [9.17, 15) is 0 Å². The molecule has 0 unspecified atom stereocenters. The summed E-state index contributed by atoms with van der Waals surface area (Å²) in [5.41, 5.74) is 9.79. The van der Waals surface area contributed by atoms with E-state index in [-0.39, 0.29) is 0 Å². The molecule has 8 aromatic rings. The van der Waals surface area contributed by atoms with Crippen LogP contribution in [0.15, 0.2) is 168 Å². The molecule has 0 aliphatic heterocycles. The lowest BCUT2D eigenvalue weighted by Crippen LogP contribution is -2.10. The second kappa shape index (κ2) is 10.1. The lowest BCUT2D eigenvalue weighted by molar-refractivity contribution is 0.669. The smallest absolute Gasteiger partial charge is 0.136 e. The summed E-state index contributed by atoms with van der Waals surface area (Å²) >= 11 is 0. The maximum absolute atomic E-state index is 6.20. The van der Waals surface area contributed by atoms with Crippen molar-refractivity contribution >= 4 is 49.8 Å². The molecule has 1 heterocycles. The zero-order chi connectivity index (χ0) is 27.9. The maximum Gasteiger partial charge on any atom is 0.136 e. The van der Waals surface area contributed by atoms with E-state index < -0.39 is 0 Å². The van der Waals surface area contributed by atoms with Crippen LogP contribution in [0.1, 0.15) is 0 Å². The van der Waals surface area contributed by atoms with Gasteiger partial charge in [0, 0.05) is 27.8 Å². The molecule has 0 fully saturated rings. The zero-order valence-electron chi connectivity index (χ0n) is 22.9. The molecule has 0 atom stereocenters. The molecule has 0 saturated carbocycles. The van der Waals surface area contributed by atoms with Gasteiger partial charge in [-0.3, -0.25) is 0 Å². The highest BCUT2D eigenvalue weighted by Gasteiger charge is 2.15. The SMILES string of the molecule is c1ccc(N(c2cccc(-c3ccc4ccccc4c3)c2)c2cccc(-c3ccc4c(c3)oc3ccccc34)c2)cc1. The fraction of sp³-hybridized carbons (Fsp3) is 0. The van der Waals surface area contributed by atoms with Gasteiger partial charge in [-0.15, -0.1) is 0 Å². The Balaban J connectivity index is 1.23. The summed E-state index contributed by atoms with van der Waals surface area (Å²) in [4.78, 5) is 2.33. The fourth-order valence-electron chi connectivity index (χ4n) is 5.95. The maximum atomic E-state index is 6.20. The van der Waals surface area contributed by atoms with Crippen LogP contribution in [0.4, 0.5) is 17.1 Å². The molecule has 0 aliphatic carbocycles. The van der Waals surface area contributed by atoms with Gasteiger partial charge in [-0.2, -0.15) is 0 Å². The number of benzene rings is 7. The van der Waals surface area contributed by atoms with E-state index in [1.54, 1.807) is 0 Å². The second-order valence-electron chi connectivity index (χ2n) is 10.6. The number of para-hydroxylation sites is 2. The molecule has 7 aromatic carbocycles. The molecule has 0 amide bonds. The lowest BCUT2D eigenvalue weighted by Gasteiger charge is -2.26.